The smallest absolute Gasteiger partial charge is 0.194 e. The van der Waals surface area contributed by atoms with Crippen LogP contribution in [0.2, 0.25) is 0 Å². The van der Waals surface area contributed by atoms with Gasteiger partial charge in [-0.2, -0.15) is 0 Å². The van der Waals surface area contributed by atoms with Gasteiger partial charge in [0.2, 0.25) is 0 Å². The number of aromatic hydroxyl groups is 2. The molecule has 2 rings (SSSR count). The van der Waals surface area contributed by atoms with Crippen LogP contribution in [0.3, 0.4) is 0 Å². The first-order chi connectivity index (χ1) is 7.02. The number of phenolic OH excluding ortho intramolecular Hbond substituents is 2. The Labute approximate surface area is 87.3 Å². The van der Waals surface area contributed by atoms with Crippen LogP contribution < -0.4 is 5.73 Å². The molecule has 0 bridgehead atoms. The molecule has 4 N–H and O–H groups in total. The van der Waals surface area contributed by atoms with E-state index < -0.39 is 11.6 Å². The van der Waals surface area contributed by atoms with Gasteiger partial charge < -0.3 is 15.9 Å². The summed E-state index contributed by atoms with van der Waals surface area (Å²) < 4.78 is 13.7. The van der Waals surface area contributed by atoms with Gasteiger partial charge in [0.15, 0.2) is 17.3 Å². The van der Waals surface area contributed by atoms with Crippen molar-refractivity contribution in [2.24, 2.45) is 5.73 Å². The number of halogens is 1. The second-order valence-electron chi connectivity index (χ2n) is 4.24. The summed E-state index contributed by atoms with van der Waals surface area (Å²) in [4.78, 5) is 0. The van der Waals surface area contributed by atoms with Crippen molar-refractivity contribution in [1.29, 1.82) is 0 Å². The molecule has 1 aliphatic rings. The third-order valence-electron chi connectivity index (χ3n) is 3.22. The summed E-state index contributed by atoms with van der Waals surface area (Å²) in [5.41, 5.74) is 6.18. The van der Waals surface area contributed by atoms with Gasteiger partial charge >= 0.3 is 0 Å². The van der Waals surface area contributed by atoms with Crippen LogP contribution in [0.4, 0.5) is 4.39 Å². The maximum Gasteiger partial charge on any atom is 0.194 e. The molecule has 0 saturated heterocycles. The number of aryl methyl sites for hydroxylation is 1. The molecule has 0 atom stereocenters. The topological polar surface area (TPSA) is 66.5 Å². The monoisotopic (exact) mass is 211 g/mol. The molecule has 1 saturated carbocycles. The molecular weight excluding hydrogens is 197 g/mol. The maximum atomic E-state index is 13.7. The van der Waals surface area contributed by atoms with Crippen LogP contribution >= 0.6 is 0 Å². The van der Waals surface area contributed by atoms with E-state index in [9.17, 15) is 14.6 Å². The normalized spacial score (nSPS) is 17.8. The Hall–Kier alpha value is -1.29. The van der Waals surface area contributed by atoms with Crippen molar-refractivity contribution in [3.05, 3.63) is 23.0 Å². The Morgan fingerprint density at radius 2 is 2.00 bits per heavy atom. The molecule has 15 heavy (non-hydrogen) atoms. The fourth-order valence-electron chi connectivity index (χ4n) is 1.89. The number of nitrogens with two attached hydrogens (primary N) is 1. The quantitative estimate of drug-likeness (QED) is 0.650. The van der Waals surface area contributed by atoms with Gasteiger partial charge in [-0.15, -0.1) is 0 Å². The molecule has 0 unspecified atom stereocenters. The Bertz CT molecular complexity index is 414. The fraction of sp³-hybridized carbons (Fsp3) is 0.455. The van der Waals surface area contributed by atoms with Gasteiger partial charge in [-0.05, 0) is 37.0 Å². The molecule has 0 spiro atoms. The van der Waals surface area contributed by atoms with Crippen LogP contribution in [0.25, 0.3) is 0 Å². The lowest BCUT2D eigenvalue weighted by Crippen LogP contribution is -2.21. The molecule has 4 heteroatoms. The molecule has 0 amide bonds. The van der Waals surface area contributed by atoms with Gasteiger partial charge in [-0.1, -0.05) is 0 Å². The second-order valence-corrected chi connectivity index (χ2v) is 4.24. The summed E-state index contributed by atoms with van der Waals surface area (Å²) in [6, 6.07) is 1.57. The largest absolute Gasteiger partial charge is 0.504 e. The predicted octanol–water partition coefficient (Wildman–Crippen LogP) is 1.54. The number of hydrogen-bond acceptors (Lipinski definition) is 3. The number of hydrogen-bond donors (Lipinski definition) is 3. The van der Waals surface area contributed by atoms with Crippen molar-refractivity contribution < 1.29 is 14.6 Å². The van der Waals surface area contributed by atoms with E-state index >= 15 is 0 Å². The zero-order chi connectivity index (χ0) is 11.2. The van der Waals surface area contributed by atoms with E-state index in [2.05, 4.69) is 0 Å². The highest BCUT2D eigenvalue weighted by Gasteiger charge is 2.45. The molecule has 0 aromatic heterocycles. The molecule has 1 aliphatic carbocycles. The van der Waals surface area contributed by atoms with E-state index in [0.29, 0.717) is 17.7 Å². The van der Waals surface area contributed by atoms with E-state index in [1.807, 2.05) is 0 Å². The average molecular weight is 211 g/mol. The average Bonchev–Trinajstić information content (AvgIpc) is 3.01. The highest BCUT2D eigenvalue weighted by molar-refractivity contribution is 5.51. The number of benzene rings is 1. The molecule has 0 aliphatic heterocycles. The maximum absolute atomic E-state index is 13.7. The minimum atomic E-state index is -0.735. The van der Waals surface area contributed by atoms with Gasteiger partial charge in [0.05, 0.1) is 0 Å². The van der Waals surface area contributed by atoms with Crippen LogP contribution in [0, 0.1) is 12.7 Å². The van der Waals surface area contributed by atoms with Crippen LogP contribution in [0.15, 0.2) is 6.07 Å². The molecule has 82 valence electrons. The van der Waals surface area contributed by atoms with E-state index in [0.717, 1.165) is 12.8 Å². The van der Waals surface area contributed by atoms with Gasteiger partial charge in [-0.3, -0.25) is 0 Å². The van der Waals surface area contributed by atoms with Gasteiger partial charge in [-0.25, -0.2) is 4.39 Å². The van der Waals surface area contributed by atoms with Crippen molar-refractivity contribution in [3.8, 4) is 11.5 Å². The van der Waals surface area contributed by atoms with Crippen molar-refractivity contribution in [2.75, 3.05) is 6.54 Å². The number of phenols is 2. The molecular formula is C11H14FNO2. The van der Waals surface area contributed by atoms with E-state index in [1.54, 1.807) is 13.0 Å². The van der Waals surface area contributed by atoms with E-state index in [-0.39, 0.29) is 11.2 Å². The first-order valence-corrected chi connectivity index (χ1v) is 4.93. The highest BCUT2D eigenvalue weighted by Crippen LogP contribution is 2.50. The molecule has 3 nitrogen and oxygen atoms in total. The second kappa shape index (κ2) is 3.10. The Balaban J connectivity index is 2.58. The predicted molar refractivity (Wildman–Crippen MR) is 54.4 cm³/mol. The Kier molecular flexibility index (Phi) is 2.12. The third-order valence-corrected chi connectivity index (χ3v) is 3.22. The minimum absolute atomic E-state index is 0.319. The zero-order valence-electron chi connectivity index (χ0n) is 8.55. The van der Waals surface area contributed by atoms with Gasteiger partial charge in [0.25, 0.3) is 0 Å². The first-order valence-electron chi connectivity index (χ1n) is 4.93. The van der Waals surface area contributed by atoms with Crippen molar-refractivity contribution in [2.45, 2.75) is 25.2 Å². The van der Waals surface area contributed by atoms with Crippen molar-refractivity contribution in [3.63, 3.8) is 0 Å². The minimum Gasteiger partial charge on any atom is -0.504 e. The Morgan fingerprint density at radius 1 is 1.40 bits per heavy atom. The first kappa shape index (κ1) is 10.2. The molecule has 0 heterocycles. The zero-order valence-corrected chi connectivity index (χ0v) is 8.55. The van der Waals surface area contributed by atoms with E-state index in [1.165, 1.54) is 0 Å². The summed E-state index contributed by atoms with van der Waals surface area (Å²) in [6.45, 7) is 2.00. The summed E-state index contributed by atoms with van der Waals surface area (Å²) in [5, 5.41) is 18.7. The Morgan fingerprint density at radius 3 is 2.47 bits per heavy atom. The lowest BCUT2D eigenvalue weighted by Gasteiger charge is -2.16. The van der Waals surface area contributed by atoms with Crippen LogP contribution in [0.1, 0.15) is 24.0 Å². The summed E-state index contributed by atoms with van der Waals surface area (Å²) >= 11 is 0. The van der Waals surface area contributed by atoms with Crippen LogP contribution in [-0.4, -0.2) is 16.8 Å². The molecule has 1 aromatic carbocycles. The standard InChI is InChI=1S/C11H14FNO2/c1-6-4-7(11(5-13)2-3-11)8(12)10(15)9(6)14/h4,14-15H,2-3,5,13H2,1H3. The summed E-state index contributed by atoms with van der Waals surface area (Å²) in [6.07, 6.45) is 1.67. The van der Waals surface area contributed by atoms with Gasteiger partial charge in [0.1, 0.15) is 0 Å². The summed E-state index contributed by atoms with van der Waals surface area (Å²) in [7, 11) is 0. The van der Waals surface area contributed by atoms with Crippen LogP contribution in [-0.2, 0) is 5.41 Å². The molecule has 1 aromatic rings. The van der Waals surface area contributed by atoms with Crippen molar-refractivity contribution >= 4 is 0 Å². The molecule has 0 radical (unpaired) electrons. The third kappa shape index (κ3) is 1.36. The SMILES string of the molecule is Cc1cc(C2(CN)CC2)c(F)c(O)c1O. The number of rotatable bonds is 2. The lowest BCUT2D eigenvalue weighted by molar-refractivity contribution is 0.371. The summed E-state index contributed by atoms with van der Waals surface area (Å²) in [5.74, 6) is -1.78. The lowest BCUT2D eigenvalue weighted by atomic mass is 9.93. The molecule has 1 fully saturated rings. The fourth-order valence-corrected chi connectivity index (χ4v) is 1.89. The van der Waals surface area contributed by atoms with Crippen LogP contribution in [0.5, 0.6) is 11.5 Å². The van der Waals surface area contributed by atoms with Crippen molar-refractivity contribution in [1.82, 2.24) is 0 Å². The van der Waals surface area contributed by atoms with E-state index in [4.69, 9.17) is 5.73 Å². The highest BCUT2D eigenvalue weighted by atomic mass is 19.1. The van der Waals surface area contributed by atoms with Gasteiger partial charge in [0, 0.05) is 12.0 Å².